The van der Waals surface area contributed by atoms with E-state index in [2.05, 4.69) is 0 Å². The molecule has 0 saturated carbocycles. The van der Waals surface area contributed by atoms with Crippen LogP contribution in [0, 0.1) is 23.9 Å². The number of alkyl halides is 5. The molecule has 0 aliphatic heterocycles. The topological polar surface area (TPSA) is 0 Å². The Morgan fingerprint density at radius 3 is 1.67 bits per heavy atom. The highest BCUT2D eigenvalue weighted by Gasteiger charge is 2.56. The van der Waals surface area contributed by atoms with Crippen LogP contribution in [0.1, 0.15) is 0 Å². The maximum Gasteiger partial charge on any atom is 0.466 e. The zero-order valence-electron chi connectivity index (χ0n) is 5.27. The fourth-order valence-corrected chi connectivity index (χ4v) is 0.204. The SMILES string of the molecule is FC#CC#CC(F)(F)C(F)(F)F. The van der Waals surface area contributed by atoms with Crippen LogP contribution >= 0.6 is 0 Å². The van der Waals surface area contributed by atoms with E-state index in [4.69, 9.17) is 0 Å². The van der Waals surface area contributed by atoms with Crippen LogP contribution in [-0.4, -0.2) is 12.1 Å². The first-order chi connectivity index (χ1) is 5.31. The minimum Gasteiger partial charge on any atom is -0.181 e. The van der Waals surface area contributed by atoms with Crippen molar-refractivity contribution >= 4 is 0 Å². The lowest BCUT2D eigenvalue weighted by atomic mass is 10.3. The first-order valence-corrected chi connectivity index (χ1v) is 2.38. The summed E-state index contributed by atoms with van der Waals surface area (Å²) in [5.74, 6) is -2.52. The van der Waals surface area contributed by atoms with Gasteiger partial charge in [0.05, 0.1) is 0 Å². The molecular weight excluding hydrogens is 186 g/mol. The molecule has 0 aromatic heterocycles. The average molecular weight is 186 g/mol. The minimum absolute atomic E-state index is 0.478. The van der Waals surface area contributed by atoms with Gasteiger partial charge in [-0.1, -0.05) is 0 Å². The highest BCUT2D eigenvalue weighted by atomic mass is 19.4. The molecule has 0 spiro atoms. The standard InChI is InChI=1S/C6F6/c7-4-2-1-3-5(8,9)6(10,11)12. The van der Waals surface area contributed by atoms with Crippen LogP contribution in [0.5, 0.6) is 0 Å². The molecule has 0 heterocycles. The Kier molecular flexibility index (Phi) is 3.03. The highest BCUT2D eigenvalue weighted by molar-refractivity contribution is 5.27. The second-order valence-corrected chi connectivity index (χ2v) is 1.54. The number of hydrogen-bond acceptors (Lipinski definition) is 0. The van der Waals surface area contributed by atoms with Crippen LogP contribution in [0.4, 0.5) is 26.3 Å². The normalized spacial score (nSPS) is 10.8. The smallest absolute Gasteiger partial charge is 0.181 e. The summed E-state index contributed by atoms with van der Waals surface area (Å²) < 4.78 is 68.2. The van der Waals surface area contributed by atoms with Gasteiger partial charge in [0, 0.05) is 5.92 Å². The summed E-state index contributed by atoms with van der Waals surface area (Å²) in [6.45, 7) is 0. The van der Waals surface area contributed by atoms with Gasteiger partial charge in [0.15, 0.2) is 0 Å². The summed E-state index contributed by atoms with van der Waals surface area (Å²) >= 11 is 0. The van der Waals surface area contributed by atoms with Crippen molar-refractivity contribution in [1.29, 1.82) is 0 Å². The fraction of sp³-hybridized carbons (Fsp3) is 0.333. The molecule has 0 saturated heterocycles. The second-order valence-electron chi connectivity index (χ2n) is 1.54. The van der Waals surface area contributed by atoms with E-state index in [1.165, 1.54) is 0 Å². The fourth-order valence-electron chi connectivity index (χ4n) is 0.204. The summed E-state index contributed by atoms with van der Waals surface area (Å²) in [5, 5.41) is 0. The maximum atomic E-state index is 11.8. The van der Waals surface area contributed by atoms with Gasteiger partial charge in [0.2, 0.25) is 0 Å². The van der Waals surface area contributed by atoms with Gasteiger partial charge >= 0.3 is 12.1 Å². The zero-order chi connectivity index (χ0) is 9.83. The Morgan fingerprint density at radius 2 is 1.33 bits per heavy atom. The first kappa shape index (κ1) is 10.7. The number of rotatable bonds is 0. The van der Waals surface area contributed by atoms with Crippen LogP contribution in [-0.2, 0) is 0 Å². The molecule has 0 rings (SSSR count). The number of halogens is 6. The van der Waals surface area contributed by atoms with Crippen molar-refractivity contribution in [3.8, 4) is 23.9 Å². The van der Waals surface area contributed by atoms with Gasteiger partial charge in [0.1, 0.15) is 6.17 Å². The van der Waals surface area contributed by atoms with Crippen molar-refractivity contribution in [2.45, 2.75) is 12.1 Å². The molecule has 0 N–H and O–H groups in total. The van der Waals surface area contributed by atoms with Gasteiger partial charge in [-0.15, -0.1) is 4.39 Å². The summed E-state index contributed by atoms with van der Waals surface area (Å²) in [6.07, 6.45) is -5.18. The van der Waals surface area contributed by atoms with Gasteiger partial charge in [-0.3, -0.25) is 0 Å². The third-order valence-electron chi connectivity index (χ3n) is 0.685. The van der Waals surface area contributed by atoms with Crippen LogP contribution in [0.15, 0.2) is 0 Å². The van der Waals surface area contributed by atoms with Crippen LogP contribution in [0.2, 0.25) is 0 Å². The lowest BCUT2D eigenvalue weighted by Gasteiger charge is -2.11. The molecule has 0 atom stereocenters. The summed E-state index contributed by atoms with van der Waals surface area (Å²) in [6, 6.07) is 0. The molecule has 0 radical (unpaired) electrons. The van der Waals surface area contributed by atoms with Gasteiger partial charge < -0.3 is 0 Å². The van der Waals surface area contributed by atoms with Gasteiger partial charge in [-0.05, 0) is 11.8 Å². The van der Waals surface area contributed by atoms with Crippen molar-refractivity contribution in [3.05, 3.63) is 0 Å². The van der Waals surface area contributed by atoms with Gasteiger partial charge in [-0.2, -0.15) is 22.0 Å². The molecule has 0 fully saturated rings. The van der Waals surface area contributed by atoms with E-state index >= 15 is 0 Å². The molecular formula is C6F6. The Bertz CT molecular complexity index is 264. The number of hydrogen-bond donors (Lipinski definition) is 0. The van der Waals surface area contributed by atoms with Crippen LogP contribution in [0.3, 0.4) is 0 Å². The molecule has 0 nitrogen and oxygen atoms in total. The Labute approximate surface area is 63.6 Å². The Hall–Kier alpha value is -1.30. The molecule has 0 bridgehead atoms. The average Bonchev–Trinajstić information content (AvgIpc) is 1.85. The van der Waals surface area contributed by atoms with Crippen molar-refractivity contribution in [3.63, 3.8) is 0 Å². The molecule has 66 valence electrons. The molecule has 0 aliphatic carbocycles. The molecule has 0 amide bonds. The van der Waals surface area contributed by atoms with Crippen LogP contribution in [0.25, 0.3) is 0 Å². The predicted octanol–water partition coefficient (Wildman–Crippen LogP) is 2.12. The van der Waals surface area contributed by atoms with E-state index in [-0.39, 0.29) is 0 Å². The van der Waals surface area contributed by atoms with Crippen molar-refractivity contribution < 1.29 is 26.3 Å². The van der Waals surface area contributed by atoms with Crippen LogP contribution < -0.4 is 0 Å². The molecule has 0 unspecified atom stereocenters. The quantitative estimate of drug-likeness (QED) is 0.401. The first-order valence-electron chi connectivity index (χ1n) is 2.38. The molecule has 6 heteroatoms. The second kappa shape index (κ2) is 3.40. The lowest BCUT2D eigenvalue weighted by Crippen LogP contribution is -2.34. The lowest BCUT2D eigenvalue weighted by molar-refractivity contribution is -0.254. The summed E-state index contributed by atoms with van der Waals surface area (Å²) in [5.41, 5.74) is 0. The van der Waals surface area contributed by atoms with E-state index < -0.39 is 12.1 Å². The third-order valence-corrected chi connectivity index (χ3v) is 0.685. The zero-order valence-corrected chi connectivity index (χ0v) is 5.27. The van der Waals surface area contributed by atoms with E-state index in [0.717, 1.165) is 11.8 Å². The van der Waals surface area contributed by atoms with Gasteiger partial charge in [0.25, 0.3) is 0 Å². The Morgan fingerprint density at radius 1 is 0.833 bits per heavy atom. The van der Waals surface area contributed by atoms with Crippen molar-refractivity contribution in [2.75, 3.05) is 0 Å². The predicted molar refractivity (Wildman–Crippen MR) is 27.7 cm³/mol. The summed E-state index contributed by atoms with van der Waals surface area (Å²) in [7, 11) is 0. The van der Waals surface area contributed by atoms with E-state index in [9.17, 15) is 26.3 Å². The molecule has 12 heavy (non-hydrogen) atoms. The largest absolute Gasteiger partial charge is 0.466 e. The summed E-state index contributed by atoms with van der Waals surface area (Å²) in [4.78, 5) is 0. The highest BCUT2D eigenvalue weighted by Crippen LogP contribution is 2.34. The maximum absolute atomic E-state index is 11.8. The van der Waals surface area contributed by atoms with E-state index in [1.807, 2.05) is 0 Å². The van der Waals surface area contributed by atoms with E-state index in [1.54, 1.807) is 0 Å². The molecule has 0 aliphatic rings. The van der Waals surface area contributed by atoms with Gasteiger partial charge in [-0.25, -0.2) is 0 Å². The molecule has 0 aromatic rings. The van der Waals surface area contributed by atoms with E-state index in [0.29, 0.717) is 12.1 Å². The Balaban J connectivity index is 4.64. The monoisotopic (exact) mass is 186 g/mol. The van der Waals surface area contributed by atoms with Crippen molar-refractivity contribution in [2.24, 2.45) is 0 Å². The minimum atomic E-state index is -5.75. The molecule has 0 aromatic carbocycles. The van der Waals surface area contributed by atoms with Crippen molar-refractivity contribution in [1.82, 2.24) is 0 Å². The third kappa shape index (κ3) is 2.75.